The lowest BCUT2D eigenvalue weighted by molar-refractivity contribution is -0.232. The molecule has 0 atom stereocenters. The molecule has 8 heavy (non-hydrogen) atoms. The van der Waals surface area contributed by atoms with Crippen LogP contribution in [0.25, 0.3) is 0 Å². The molecule has 0 aliphatic rings. The summed E-state index contributed by atoms with van der Waals surface area (Å²) in [5, 5.41) is 15.8. The molecule has 0 radical (unpaired) electrons. The highest BCUT2D eigenvalue weighted by Gasteiger charge is 1.90. The first-order valence-electron chi connectivity index (χ1n) is 1.78. The molecular weight excluding hydrogens is 114 g/mol. The molecule has 2 N–H and O–H groups in total. The first kappa shape index (κ1) is 7.26. The fourth-order valence-electron chi connectivity index (χ4n) is 0.130. The maximum atomic E-state index is 9.25. The number of hydrogen-bond donors (Lipinski definition) is 2. The van der Waals surface area contributed by atoms with Gasteiger partial charge in [0.2, 0.25) is 6.08 Å². The highest BCUT2D eigenvalue weighted by atomic mass is 16.7. The largest absolute Gasteiger partial charge is 0.346 e. The Labute approximate surface area is 45.2 Å². The van der Waals surface area contributed by atoms with Crippen molar-refractivity contribution in [2.24, 2.45) is 4.99 Å². The van der Waals surface area contributed by atoms with Crippen molar-refractivity contribution in [3.05, 3.63) is 0 Å². The van der Waals surface area contributed by atoms with E-state index in [4.69, 9.17) is 10.2 Å². The van der Waals surface area contributed by atoms with Gasteiger partial charge in [0.1, 0.15) is 0 Å². The molecule has 0 aromatic heterocycles. The Bertz CT molecular complexity index is 95.5. The molecule has 0 aliphatic carbocycles. The first-order chi connectivity index (χ1) is 3.77. The van der Waals surface area contributed by atoms with Gasteiger partial charge in [0, 0.05) is 0 Å². The second-order valence-electron chi connectivity index (χ2n) is 0.871. The van der Waals surface area contributed by atoms with Crippen LogP contribution >= 0.6 is 0 Å². The Morgan fingerprint density at radius 3 is 2.75 bits per heavy atom. The fraction of sp³-hybridized carbons (Fsp3) is 0.667. The van der Waals surface area contributed by atoms with E-state index >= 15 is 0 Å². The second kappa shape index (κ2) is 4.42. The summed E-state index contributed by atoms with van der Waals surface area (Å²) in [6, 6.07) is 0. The first-order valence-corrected chi connectivity index (χ1v) is 1.78. The number of ether oxygens (including phenoxy) is 1. The minimum atomic E-state index is -1.87. The quantitative estimate of drug-likeness (QED) is 0.271. The van der Waals surface area contributed by atoms with Crippen LogP contribution in [-0.2, 0) is 9.53 Å². The molecule has 5 heteroatoms. The molecule has 0 fully saturated rings. The molecular formula is C3H5NO4. The van der Waals surface area contributed by atoms with Crippen molar-refractivity contribution in [1.82, 2.24) is 0 Å². The van der Waals surface area contributed by atoms with Crippen LogP contribution in [0.4, 0.5) is 0 Å². The number of aliphatic hydroxyl groups is 2. The lowest BCUT2D eigenvalue weighted by Gasteiger charge is -1.97. The van der Waals surface area contributed by atoms with Gasteiger partial charge in [-0.05, 0) is 0 Å². The SMILES string of the molecule is O=C=NCOC(O)O. The van der Waals surface area contributed by atoms with Gasteiger partial charge in [-0.2, -0.15) is 4.99 Å². The van der Waals surface area contributed by atoms with E-state index in [1.807, 2.05) is 0 Å². The highest BCUT2D eigenvalue weighted by Crippen LogP contribution is 1.77. The third-order valence-corrected chi connectivity index (χ3v) is 0.353. The summed E-state index contributed by atoms with van der Waals surface area (Å²) >= 11 is 0. The molecule has 0 saturated carbocycles. The van der Waals surface area contributed by atoms with Crippen molar-refractivity contribution in [3.8, 4) is 0 Å². The van der Waals surface area contributed by atoms with Crippen LogP contribution in [0.15, 0.2) is 4.99 Å². The number of rotatable bonds is 3. The maximum Gasteiger partial charge on any atom is 0.268 e. The molecule has 0 spiro atoms. The standard InChI is InChI=1S/C3H5NO4/c5-1-4-2-8-3(6)7/h3,6-7H,2H2. The van der Waals surface area contributed by atoms with Crippen molar-refractivity contribution in [2.45, 2.75) is 6.48 Å². The smallest absolute Gasteiger partial charge is 0.268 e. The van der Waals surface area contributed by atoms with E-state index in [9.17, 15) is 4.79 Å². The van der Waals surface area contributed by atoms with Gasteiger partial charge in [0.15, 0.2) is 6.73 Å². The molecule has 0 amide bonds. The van der Waals surface area contributed by atoms with E-state index in [0.29, 0.717) is 0 Å². The van der Waals surface area contributed by atoms with E-state index < -0.39 is 6.48 Å². The molecule has 0 saturated heterocycles. The Morgan fingerprint density at radius 1 is 1.75 bits per heavy atom. The molecule has 0 rings (SSSR count). The van der Waals surface area contributed by atoms with Gasteiger partial charge < -0.3 is 14.9 Å². The number of aliphatic imine (C=N–C) groups is 1. The predicted octanol–water partition coefficient (Wildman–Crippen LogP) is -1.44. The van der Waals surface area contributed by atoms with Gasteiger partial charge in [-0.25, -0.2) is 4.79 Å². The third kappa shape index (κ3) is 5.26. The molecule has 0 bridgehead atoms. The van der Waals surface area contributed by atoms with Crippen molar-refractivity contribution in [3.63, 3.8) is 0 Å². The van der Waals surface area contributed by atoms with E-state index in [0.717, 1.165) is 6.08 Å². The molecule has 5 nitrogen and oxygen atoms in total. The number of hydrogen-bond acceptors (Lipinski definition) is 5. The topological polar surface area (TPSA) is 79.1 Å². The number of isocyanates is 1. The van der Waals surface area contributed by atoms with Crippen molar-refractivity contribution >= 4 is 6.08 Å². The van der Waals surface area contributed by atoms with Crippen molar-refractivity contribution in [1.29, 1.82) is 0 Å². The summed E-state index contributed by atoms with van der Waals surface area (Å²) in [6.07, 6.45) is 1.15. The van der Waals surface area contributed by atoms with E-state index in [2.05, 4.69) is 9.73 Å². The minimum Gasteiger partial charge on any atom is -0.346 e. The monoisotopic (exact) mass is 119 g/mol. The number of aliphatic hydroxyl groups excluding tert-OH is 1. The van der Waals surface area contributed by atoms with Crippen LogP contribution in [0.2, 0.25) is 0 Å². The highest BCUT2D eigenvalue weighted by molar-refractivity contribution is 5.32. The van der Waals surface area contributed by atoms with Crippen LogP contribution < -0.4 is 0 Å². The van der Waals surface area contributed by atoms with Gasteiger partial charge in [-0.3, -0.25) is 0 Å². The maximum absolute atomic E-state index is 9.25. The Kier molecular flexibility index (Phi) is 4.01. The second-order valence-corrected chi connectivity index (χ2v) is 0.871. The zero-order valence-corrected chi connectivity index (χ0v) is 3.94. The van der Waals surface area contributed by atoms with Crippen molar-refractivity contribution in [2.75, 3.05) is 6.73 Å². The van der Waals surface area contributed by atoms with Gasteiger partial charge in [0.25, 0.3) is 6.48 Å². The van der Waals surface area contributed by atoms with Crippen LogP contribution in [0.1, 0.15) is 0 Å². The Morgan fingerprint density at radius 2 is 2.38 bits per heavy atom. The van der Waals surface area contributed by atoms with E-state index in [1.54, 1.807) is 0 Å². The number of nitrogens with zero attached hydrogens (tertiary/aromatic N) is 1. The molecule has 0 aliphatic heterocycles. The predicted molar refractivity (Wildman–Crippen MR) is 22.3 cm³/mol. The van der Waals surface area contributed by atoms with Crippen LogP contribution in [0, 0.1) is 0 Å². The van der Waals surface area contributed by atoms with Gasteiger partial charge in [0.05, 0.1) is 0 Å². The summed E-state index contributed by atoms with van der Waals surface area (Å²) in [5.74, 6) is 0. The summed E-state index contributed by atoms with van der Waals surface area (Å²) in [5.41, 5.74) is 0. The number of carbonyl (C=O) groups excluding carboxylic acids is 1. The Hall–Kier alpha value is -0.740. The molecule has 0 heterocycles. The van der Waals surface area contributed by atoms with Gasteiger partial charge in [-0.1, -0.05) is 0 Å². The molecule has 46 valence electrons. The van der Waals surface area contributed by atoms with Crippen LogP contribution in [0.5, 0.6) is 0 Å². The average molecular weight is 119 g/mol. The summed E-state index contributed by atoms with van der Waals surface area (Å²) in [4.78, 5) is 12.1. The zero-order chi connectivity index (χ0) is 6.41. The van der Waals surface area contributed by atoms with E-state index in [1.165, 1.54) is 0 Å². The lowest BCUT2D eigenvalue weighted by atomic mass is 11.2. The normalized spacial score (nSPS) is 8.88. The zero-order valence-electron chi connectivity index (χ0n) is 3.94. The molecule has 0 aromatic carbocycles. The summed E-state index contributed by atoms with van der Waals surface area (Å²) in [7, 11) is 0. The molecule has 0 unspecified atom stereocenters. The average Bonchev–Trinajstić information content (AvgIpc) is 1.66. The van der Waals surface area contributed by atoms with E-state index in [-0.39, 0.29) is 6.73 Å². The van der Waals surface area contributed by atoms with Crippen LogP contribution in [0.3, 0.4) is 0 Å². The summed E-state index contributed by atoms with van der Waals surface area (Å²) in [6.45, 7) is -2.24. The van der Waals surface area contributed by atoms with Gasteiger partial charge in [-0.15, -0.1) is 0 Å². The van der Waals surface area contributed by atoms with Crippen molar-refractivity contribution < 1.29 is 19.7 Å². The third-order valence-electron chi connectivity index (χ3n) is 0.353. The molecule has 0 aromatic rings. The summed E-state index contributed by atoms with van der Waals surface area (Å²) < 4.78 is 3.96. The Balaban J connectivity index is 3.05. The minimum absolute atomic E-state index is 0.374. The van der Waals surface area contributed by atoms with Crippen LogP contribution in [-0.4, -0.2) is 29.5 Å². The lowest BCUT2D eigenvalue weighted by Crippen LogP contribution is -2.09. The fourth-order valence-corrected chi connectivity index (χ4v) is 0.130. The van der Waals surface area contributed by atoms with Gasteiger partial charge >= 0.3 is 0 Å².